The summed E-state index contributed by atoms with van der Waals surface area (Å²) in [5, 5.41) is 0. The first-order chi connectivity index (χ1) is 8.88. The van der Waals surface area contributed by atoms with Gasteiger partial charge in [0.25, 0.3) is 0 Å². The minimum absolute atomic E-state index is 0.00622. The lowest BCUT2D eigenvalue weighted by molar-refractivity contribution is -0.142. The van der Waals surface area contributed by atoms with Crippen LogP contribution in [0.2, 0.25) is 0 Å². The number of thioether (sulfide) groups is 1. The Morgan fingerprint density at radius 2 is 1.68 bits per heavy atom. The van der Waals surface area contributed by atoms with E-state index in [1.165, 1.54) is 4.90 Å². The first kappa shape index (κ1) is 13.4. The molecule has 0 aromatic rings. The molecule has 3 heterocycles. The van der Waals surface area contributed by atoms with E-state index in [0.29, 0.717) is 6.54 Å². The molecule has 19 heavy (non-hydrogen) atoms. The van der Waals surface area contributed by atoms with Crippen LogP contribution in [0, 0.1) is 11.8 Å². The van der Waals surface area contributed by atoms with Gasteiger partial charge in [-0.15, -0.1) is 0 Å². The van der Waals surface area contributed by atoms with Gasteiger partial charge in [-0.25, -0.2) is 0 Å². The van der Waals surface area contributed by atoms with Crippen molar-refractivity contribution in [2.75, 3.05) is 12.3 Å². The molecule has 5 heteroatoms. The Morgan fingerprint density at radius 1 is 1.16 bits per heavy atom. The summed E-state index contributed by atoms with van der Waals surface area (Å²) < 4.78 is 5.88. The molecule has 106 valence electrons. The van der Waals surface area contributed by atoms with E-state index in [-0.39, 0.29) is 40.6 Å². The Bertz CT molecular complexity index is 389. The van der Waals surface area contributed by atoms with E-state index in [2.05, 4.69) is 20.8 Å². The van der Waals surface area contributed by atoms with Crippen molar-refractivity contribution in [3.8, 4) is 0 Å². The fraction of sp³-hybridized carbons (Fsp3) is 0.857. The van der Waals surface area contributed by atoms with Crippen LogP contribution in [0.15, 0.2) is 0 Å². The number of fused-ring (bicyclic) bond motifs is 5. The topological polar surface area (TPSA) is 46.6 Å². The van der Waals surface area contributed by atoms with Gasteiger partial charge < -0.3 is 4.74 Å². The molecule has 0 aromatic heterocycles. The first-order valence-corrected chi connectivity index (χ1v) is 8.02. The fourth-order valence-electron chi connectivity index (χ4n) is 3.44. The summed E-state index contributed by atoms with van der Waals surface area (Å²) in [6.07, 6.45) is 1.89. The molecular weight excluding hydrogens is 262 g/mol. The number of rotatable bonds is 3. The molecule has 2 amide bonds. The van der Waals surface area contributed by atoms with Crippen molar-refractivity contribution >= 4 is 23.6 Å². The van der Waals surface area contributed by atoms with Gasteiger partial charge in [0.05, 0.1) is 24.0 Å². The predicted molar refractivity (Wildman–Crippen MR) is 73.8 cm³/mol. The van der Waals surface area contributed by atoms with Gasteiger partial charge in [0, 0.05) is 17.0 Å². The van der Waals surface area contributed by atoms with E-state index >= 15 is 0 Å². The van der Waals surface area contributed by atoms with E-state index in [4.69, 9.17) is 4.74 Å². The second kappa shape index (κ2) is 4.48. The second-order valence-corrected chi connectivity index (χ2v) is 8.55. The molecule has 0 N–H and O–H groups in total. The zero-order valence-electron chi connectivity index (χ0n) is 11.7. The molecule has 0 aromatic carbocycles. The van der Waals surface area contributed by atoms with Crippen molar-refractivity contribution in [1.29, 1.82) is 0 Å². The SMILES string of the molecule is CC(C)(C)SCCN1C(=O)[C@@H]2[C@H](C1=O)[C@@H]1CC[C@@H]2O1. The highest BCUT2D eigenvalue weighted by Gasteiger charge is 2.62. The highest BCUT2D eigenvalue weighted by atomic mass is 32.2. The summed E-state index contributed by atoms with van der Waals surface area (Å²) >= 11 is 1.79. The van der Waals surface area contributed by atoms with Crippen LogP contribution in [-0.4, -0.2) is 46.0 Å². The number of imide groups is 1. The van der Waals surface area contributed by atoms with Crippen LogP contribution < -0.4 is 0 Å². The number of ether oxygens (including phenoxy) is 1. The molecule has 0 spiro atoms. The quantitative estimate of drug-likeness (QED) is 0.739. The Kier molecular flexibility index (Phi) is 3.17. The highest BCUT2D eigenvalue weighted by molar-refractivity contribution is 8.00. The van der Waals surface area contributed by atoms with Crippen molar-refractivity contribution < 1.29 is 14.3 Å². The maximum Gasteiger partial charge on any atom is 0.235 e. The van der Waals surface area contributed by atoms with Crippen molar-refractivity contribution in [3.63, 3.8) is 0 Å². The van der Waals surface area contributed by atoms with Crippen molar-refractivity contribution in [1.82, 2.24) is 4.90 Å². The van der Waals surface area contributed by atoms with Crippen molar-refractivity contribution in [3.05, 3.63) is 0 Å². The smallest absolute Gasteiger partial charge is 0.235 e. The fourth-order valence-corrected chi connectivity index (χ4v) is 4.32. The van der Waals surface area contributed by atoms with E-state index in [9.17, 15) is 9.59 Å². The molecule has 0 saturated carbocycles. The monoisotopic (exact) mass is 283 g/mol. The summed E-state index contributed by atoms with van der Waals surface area (Å²) in [5.74, 6) is 0.488. The summed E-state index contributed by atoms with van der Waals surface area (Å²) in [6.45, 7) is 6.99. The third-order valence-electron chi connectivity index (χ3n) is 4.23. The average Bonchev–Trinajstić information content (AvgIpc) is 2.96. The molecule has 0 aliphatic carbocycles. The maximum absolute atomic E-state index is 12.4. The van der Waals surface area contributed by atoms with Gasteiger partial charge in [0.2, 0.25) is 11.8 Å². The maximum atomic E-state index is 12.4. The van der Waals surface area contributed by atoms with Gasteiger partial charge in [-0.3, -0.25) is 14.5 Å². The largest absolute Gasteiger partial charge is 0.373 e. The Hall–Kier alpha value is -0.550. The molecule has 3 aliphatic heterocycles. The van der Waals surface area contributed by atoms with Gasteiger partial charge in [-0.2, -0.15) is 11.8 Å². The van der Waals surface area contributed by atoms with Gasteiger partial charge in [0.15, 0.2) is 0 Å². The van der Waals surface area contributed by atoms with Crippen LogP contribution >= 0.6 is 11.8 Å². The van der Waals surface area contributed by atoms with Crippen molar-refractivity contribution in [2.45, 2.75) is 50.6 Å². The van der Waals surface area contributed by atoms with Crippen LogP contribution in [0.25, 0.3) is 0 Å². The van der Waals surface area contributed by atoms with E-state index in [0.717, 1.165) is 18.6 Å². The van der Waals surface area contributed by atoms with E-state index in [1.807, 2.05) is 0 Å². The average molecular weight is 283 g/mol. The molecule has 3 fully saturated rings. The summed E-state index contributed by atoms with van der Waals surface area (Å²) in [6, 6.07) is 0. The summed E-state index contributed by atoms with van der Waals surface area (Å²) in [5.41, 5.74) is 0. The number of amides is 2. The summed E-state index contributed by atoms with van der Waals surface area (Å²) in [4.78, 5) is 26.2. The lowest BCUT2D eigenvalue weighted by atomic mass is 9.81. The minimum Gasteiger partial charge on any atom is -0.373 e. The molecule has 4 atom stereocenters. The number of hydrogen-bond acceptors (Lipinski definition) is 4. The molecule has 0 radical (unpaired) electrons. The molecule has 3 saturated heterocycles. The molecular formula is C14H21NO3S. The zero-order valence-corrected chi connectivity index (χ0v) is 12.5. The Balaban J connectivity index is 1.65. The minimum atomic E-state index is -0.175. The van der Waals surface area contributed by atoms with Crippen LogP contribution in [0.3, 0.4) is 0 Å². The van der Waals surface area contributed by atoms with E-state index in [1.54, 1.807) is 11.8 Å². The normalized spacial score (nSPS) is 37.3. The zero-order chi connectivity index (χ0) is 13.8. The predicted octanol–water partition coefficient (Wildman–Crippen LogP) is 1.68. The number of hydrogen-bond donors (Lipinski definition) is 0. The van der Waals surface area contributed by atoms with E-state index < -0.39 is 0 Å². The Morgan fingerprint density at radius 3 is 2.16 bits per heavy atom. The van der Waals surface area contributed by atoms with Crippen LogP contribution in [0.5, 0.6) is 0 Å². The van der Waals surface area contributed by atoms with Gasteiger partial charge >= 0.3 is 0 Å². The molecule has 4 nitrogen and oxygen atoms in total. The number of carbonyl (C=O) groups is 2. The van der Waals surface area contributed by atoms with Gasteiger partial charge in [-0.1, -0.05) is 20.8 Å². The van der Waals surface area contributed by atoms with Crippen LogP contribution in [0.1, 0.15) is 33.6 Å². The highest BCUT2D eigenvalue weighted by Crippen LogP contribution is 2.48. The van der Waals surface area contributed by atoms with Gasteiger partial charge in [0.1, 0.15) is 0 Å². The lowest BCUT2D eigenvalue weighted by Gasteiger charge is -2.21. The number of carbonyl (C=O) groups excluding carboxylic acids is 2. The number of likely N-dealkylation sites (tertiary alicyclic amines) is 1. The lowest BCUT2D eigenvalue weighted by Crippen LogP contribution is -2.36. The molecule has 3 rings (SSSR count). The van der Waals surface area contributed by atoms with Crippen LogP contribution in [0.4, 0.5) is 0 Å². The Labute approximate surface area is 118 Å². The number of nitrogens with zero attached hydrogens (tertiary/aromatic N) is 1. The summed E-state index contributed by atoms with van der Waals surface area (Å²) in [7, 11) is 0. The second-order valence-electron chi connectivity index (χ2n) is 6.63. The third-order valence-corrected chi connectivity index (χ3v) is 5.48. The van der Waals surface area contributed by atoms with Gasteiger partial charge in [-0.05, 0) is 12.8 Å². The molecule has 0 unspecified atom stereocenters. The third kappa shape index (κ3) is 2.21. The molecule has 2 bridgehead atoms. The first-order valence-electron chi connectivity index (χ1n) is 7.03. The van der Waals surface area contributed by atoms with Crippen LogP contribution in [-0.2, 0) is 14.3 Å². The van der Waals surface area contributed by atoms with Crippen molar-refractivity contribution in [2.24, 2.45) is 11.8 Å². The molecule has 3 aliphatic rings. The standard InChI is InChI=1S/C14H21NO3S/c1-14(2,3)19-7-6-15-12(16)10-8-4-5-9(18-8)11(10)13(15)17/h8-11H,4-7H2,1-3H3/t8-,9-,10-,11+/m0/s1.